The molecule has 0 radical (unpaired) electrons. The molecule has 144 valence electrons. The van der Waals surface area contributed by atoms with Gasteiger partial charge in [-0.15, -0.1) is 0 Å². The van der Waals surface area contributed by atoms with Crippen molar-refractivity contribution >= 4 is 5.91 Å². The number of aryl methyl sites for hydroxylation is 2. The van der Waals surface area contributed by atoms with E-state index in [4.69, 9.17) is 9.47 Å². The van der Waals surface area contributed by atoms with Crippen LogP contribution in [0.25, 0.3) is 0 Å². The fraction of sp³-hybridized carbons (Fsp3) is 0.429. The van der Waals surface area contributed by atoms with Crippen LogP contribution in [0.3, 0.4) is 0 Å². The lowest BCUT2D eigenvalue weighted by molar-refractivity contribution is -0.00767. The summed E-state index contributed by atoms with van der Waals surface area (Å²) in [6.45, 7) is 7.34. The van der Waals surface area contributed by atoms with Crippen LogP contribution in [-0.4, -0.2) is 35.3 Å². The van der Waals surface area contributed by atoms with Crippen molar-refractivity contribution in [3.8, 4) is 5.88 Å². The molecule has 2 aromatic rings. The number of carbonyl (C=O) groups is 1. The molecule has 2 N–H and O–H groups in total. The normalized spacial score (nSPS) is 17.7. The minimum Gasteiger partial charge on any atom is -0.493 e. The molecule has 1 aromatic heterocycles. The van der Waals surface area contributed by atoms with Gasteiger partial charge in [-0.05, 0) is 56.5 Å². The lowest BCUT2D eigenvalue weighted by atomic mass is 10.1. The largest absolute Gasteiger partial charge is 0.493 e. The Hall–Kier alpha value is -2.44. The Morgan fingerprint density at radius 2 is 2.11 bits per heavy atom. The van der Waals surface area contributed by atoms with Crippen LogP contribution in [0.1, 0.15) is 52.2 Å². The summed E-state index contributed by atoms with van der Waals surface area (Å²) in [7, 11) is 0. The summed E-state index contributed by atoms with van der Waals surface area (Å²) in [6.07, 6.45) is 1.01. The van der Waals surface area contributed by atoms with Gasteiger partial charge in [0.25, 0.3) is 5.91 Å². The van der Waals surface area contributed by atoms with Crippen LogP contribution in [0.4, 0.5) is 0 Å². The van der Waals surface area contributed by atoms with Crippen molar-refractivity contribution in [3.05, 3.63) is 58.3 Å². The quantitative estimate of drug-likeness (QED) is 0.816. The van der Waals surface area contributed by atoms with E-state index in [1.807, 2.05) is 39.0 Å². The Morgan fingerprint density at radius 3 is 2.74 bits per heavy atom. The zero-order chi connectivity index (χ0) is 19.4. The van der Waals surface area contributed by atoms with E-state index in [2.05, 4.69) is 10.3 Å². The van der Waals surface area contributed by atoms with E-state index in [9.17, 15) is 9.90 Å². The molecule has 6 heteroatoms. The fourth-order valence-electron chi connectivity index (χ4n) is 3.23. The van der Waals surface area contributed by atoms with Crippen molar-refractivity contribution in [2.75, 3.05) is 13.2 Å². The maximum Gasteiger partial charge on any atom is 0.251 e. The Labute approximate surface area is 159 Å². The predicted molar refractivity (Wildman–Crippen MR) is 102 cm³/mol. The lowest BCUT2D eigenvalue weighted by Crippen LogP contribution is -2.23. The first kappa shape index (κ1) is 19.3. The second kappa shape index (κ2) is 8.50. The van der Waals surface area contributed by atoms with Gasteiger partial charge in [0.2, 0.25) is 5.88 Å². The van der Waals surface area contributed by atoms with Gasteiger partial charge in [0.05, 0.1) is 18.8 Å². The molecule has 1 aliphatic heterocycles. The highest BCUT2D eigenvalue weighted by Gasteiger charge is 2.20. The van der Waals surface area contributed by atoms with Gasteiger partial charge in [-0.2, -0.15) is 0 Å². The topological polar surface area (TPSA) is 80.7 Å². The summed E-state index contributed by atoms with van der Waals surface area (Å²) in [5, 5.41) is 12.8. The number of rotatable bonds is 6. The fourth-order valence-corrected chi connectivity index (χ4v) is 3.23. The van der Waals surface area contributed by atoms with E-state index in [1.54, 1.807) is 12.1 Å². The third-order valence-corrected chi connectivity index (χ3v) is 4.81. The average molecular weight is 370 g/mol. The van der Waals surface area contributed by atoms with Crippen molar-refractivity contribution in [3.63, 3.8) is 0 Å². The van der Waals surface area contributed by atoms with E-state index in [0.29, 0.717) is 17.7 Å². The van der Waals surface area contributed by atoms with Crippen LogP contribution in [0, 0.1) is 13.8 Å². The number of ether oxygens (including phenoxy) is 2. The number of hydrogen-bond acceptors (Lipinski definition) is 5. The Morgan fingerprint density at radius 1 is 1.37 bits per heavy atom. The number of aromatic hydroxyl groups is 1. The van der Waals surface area contributed by atoms with E-state index < -0.39 is 0 Å². The average Bonchev–Trinajstić information content (AvgIpc) is 3.13. The number of pyridine rings is 1. The third-order valence-electron chi connectivity index (χ3n) is 4.81. The molecule has 1 amide bonds. The molecule has 0 spiro atoms. The van der Waals surface area contributed by atoms with Gasteiger partial charge in [0, 0.05) is 30.0 Å². The zero-order valence-corrected chi connectivity index (χ0v) is 16.0. The van der Waals surface area contributed by atoms with Gasteiger partial charge in [0.1, 0.15) is 0 Å². The summed E-state index contributed by atoms with van der Waals surface area (Å²) < 4.78 is 11.3. The van der Waals surface area contributed by atoms with Gasteiger partial charge in [-0.25, -0.2) is 4.98 Å². The third kappa shape index (κ3) is 4.84. The van der Waals surface area contributed by atoms with Crippen molar-refractivity contribution in [2.45, 2.75) is 45.9 Å². The molecule has 27 heavy (non-hydrogen) atoms. The summed E-state index contributed by atoms with van der Waals surface area (Å²) in [6, 6.07) is 9.27. The van der Waals surface area contributed by atoms with Gasteiger partial charge in [0.15, 0.2) is 0 Å². The molecule has 6 nitrogen and oxygen atoms in total. The van der Waals surface area contributed by atoms with Crippen LogP contribution in [0.2, 0.25) is 0 Å². The van der Waals surface area contributed by atoms with E-state index in [1.165, 1.54) is 0 Å². The maximum absolute atomic E-state index is 12.4. The molecule has 3 rings (SSSR count). The van der Waals surface area contributed by atoms with Gasteiger partial charge in [-0.1, -0.05) is 12.1 Å². The molecule has 0 bridgehead atoms. The Bertz CT molecular complexity index is 775. The molecular formula is C21H26N2O4. The van der Waals surface area contributed by atoms with Crippen molar-refractivity contribution in [1.29, 1.82) is 0 Å². The molecule has 1 aliphatic rings. The number of hydrogen-bond donors (Lipinski definition) is 2. The Balaban J connectivity index is 1.59. The van der Waals surface area contributed by atoms with E-state index in [-0.39, 0.29) is 30.5 Å². The van der Waals surface area contributed by atoms with Gasteiger partial charge < -0.3 is 19.9 Å². The van der Waals surface area contributed by atoms with Crippen LogP contribution < -0.4 is 5.32 Å². The minimum atomic E-state index is -0.196. The molecule has 2 heterocycles. The smallest absolute Gasteiger partial charge is 0.251 e. The monoisotopic (exact) mass is 370 g/mol. The molecule has 1 saturated heterocycles. The van der Waals surface area contributed by atoms with Gasteiger partial charge >= 0.3 is 0 Å². The van der Waals surface area contributed by atoms with Crippen molar-refractivity contribution in [2.24, 2.45) is 0 Å². The molecule has 2 atom stereocenters. The SMILES string of the molecule is Cc1cc(C)c(CNC(=O)c2ccc([C@H](C)O[C@@H]3CCOC3)cc2)c(O)n1. The standard InChI is InChI=1S/C21H26N2O4/c1-13-10-14(2)23-21(25)19(13)11-22-20(24)17-6-4-16(5-7-17)15(3)27-18-8-9-26-12-18/h4-7,10,15,18H,8-9,11-12H2,1-3H3,(H,22,24)(H,23,25)/t15-,18+/m0/s1. The summed E-state index contributed by atoms with van der Waals surface area (Å²) in [5.41, 5.74) is 3.86. The van der Waals surface area contributed by atoms with Crippen LogP contribution >= 0.6 is 0 Å². The number of aromatic nitrogens is 1. The zero-order valence-electron chi connectivity index (χ0n) is 16.0. The summed E-state index contributed by atoms with van der Waals surface area (Å²) in [4.78, 5) is 16.4. The molecule has 0 unspecified atom stereocenters. The molecule has 1 fully saturated rings. The minimum absolute atomic E-state index is 0.0370. The molecule has 0 aliphatic carbocycles. The molecular weight excluding hydrogens is 344 g/mol. The van der Waals surface area contributed by atoms with Crippen LogP contribution in [0.15, 0.2) is 30.3 Å². The number of amides is 1. The first-order valence-corrected chi connectivity index (χ1v) is 9.21. The predicted octanol–water partition coefficient (Wildman–Crippen LogP) is 3.20. The van der Waals surface area contributed by atoms with Gasteiger partial charge in [-0.3, -0.25) is 4.79 Å². The number of benzene rings is 1. The van der Waals surface area contributed by atoms with Crippen molar-refractivity contribution in [1.82, 2.24) is 10.3 Å². The second-order valence-electron chi connectivity index (χ2n) is 6.95. The number of nitrogens with one attached hydrogen (secondary N) is 1. The summed E-state index contributed by atoms with van der Waals surface area (Å²) in [5.74, 6) is -0.233. The molecule has 1 aromatic carbocycles. The highest BCUT2D eigenvalue weighted by atomic mass is 16.5. The highest BCUT2D eigenvalue weighted by Crippen LogP contribution is 2.23. The highest BCUT2D eigenvalue weighted by molar-refractivity contribution is 5.94. The Kier molecular flexibility index (Phi) is 6.08. The van der Waals surface area contributed by atoms with E-state index in [0.717, 1.165) is 29.8 Å². The first-order chi connectivity index (χ1) is 12.9. The lowest BCUT2D eigenvalue weighted by Gasteiger charge is -2.18. The van der Waals surface area contributed by atoms with Crippen molar-refractivity contribution < 1.29 is 19.4 Å². The number of carbonyl (C=O) groups excluding carboxylic acids is 1. The number of nitrogens with zero attached hydrogens (tertiary/aromatic N) is 1. The molecule has 0 saturated carbocycles. The first-order valence-electron chi connectivity index (χ1n) is 9.21. The second-order valence-corrected chi connectivity index (χ2v) is 6.95. The van der Waals surface area contributed by atoms with E-state index >= 15 is 0 Å². The van der Waals surface area contributed by atoms with Crippen LogP contribution in [-0.2, 0) is 16.0 Å². The van der Waals surface area contributed by atoms with Crippen LogP contribution in [0.5, 0.6) is 5.88 Å². The summed E-state index contributed by atoms with van der Waals surface area (Å²) >= 11 is 0. The maximum atomic E-state index is 12.4.